The van der Waals surface area contributed by atoms with Crippen LogP contribution in [0.5, 0.6) is 0 Å². The SMILES string of the molecule is CCCC(CCC(=O)O)NC(=O)c1c(I)c(NCC(C)=O)c(I)c(NCC(C)=O)c1I. The summed E-state index contributed by atoms with van der Waals surface area (Å²) in [6, 6.07) is -0.262. The van der Waals surface area contributed by atoms with Crippen molar-refractivity contribution in [3.8, 4) is 0 Å². The first-order chi connectivity index (χ1) is 14.5. The predicted octanol–water partition coefficient (Wildman–Crippen LogP) is 4.27. The third kappa shape index (κ3) is 8.98. The maximum absolute atomic E-state index is 13.2. The molecule has 1 amide bonds. The fourth-order valence-electron chi connectivity index (χ4n) is 2.79. The number of carboxylic acid groups (broad SMARTS) is 1. The molecule has 1 aromatic carbocycles. The van der Waals surface area contributed by atoms with Gasteiger partial charge in [0.2, 0.25) is 0 Å². The Morgan fingerprint density at radius 2 is 1.35 bits per heavy atom. The number of benzene rings is 1. The summed E-state index contributed by atoms with van der Waals surface area (Å²) < 4.78 is 2.10. The zero-order chi connectivity index (χ0) is 23.7. The molecule has 0 spiro atoms. The first kappa shape index (κ1) is 28.3. The molecule has 1 atom stereocenters. The molecule has 0 aliphatic rings. The number of ketones is 2. The highest BCUT2D eigenvalue weighted by molar-refractivity contribution is 14.1. The number of Topliss-reactive ketones (excluding diaryl/α,β-unsaturated/α-hetero) is 2. The minimum Gasteiger partial charge on any atom is -0.481 e. The van der Waals surface area contributed by atoms with E-state index in [1.807, 2.05) is 6.92 Å². The Morgan fingerprint density at radius 3 is 1.74 bits per heavy atom. The number of amides is 1. The monoisotopic (exact) mass is 769 g/mol. The predicted molar refractivity (Wildman–Crippen MR) is 146 cm³/mol. The fraction of sp³-hybridized carbons (Fsp3) is 0.500. The van der Waals surface area contributed by atoms with Crippen molar-refractivity contribution in [2.24, 2.45) is 0 Å². The second-order valence-corrected chi connectivity index (χ2v) is 10.3. The minimum absolute atomic E-state index is 0.0251. The van der Waals surface area contributed by atoms with Gasteiger partial charge in [0.1, 0.15) is 11.6 Å². The minimum atomic E-state index is -0.903. The van der Waals surface area contributed by atoms with Gasteiger partial charge in [0.25, 0.3) is 5.91 Å². The van der Waals surface area contributed by atoms with Crippen molar-refractivity contribution in [2.75, 3.05) is 23.7 Å². The molecule has 8 nitrogen and oxygen atoms in total. The lowest BCUT2D eigenvalue weighted by molar-refractivity contribution is -0.137. The van der Waals surface area contributed by atoms with Gasteiger partial charge in [-0.1, -0.05) is 13.3 Å². The van der Waals surface area contributed by atoms with Crippen LogP contribution in [0.3, 0.4) is 0 Å². The first-order valence-corrected chi connectivity index (χ1v) is 12.9. The summed E-state index contributed by atoms with van der Waals surface area (Å²) in [5.41, 5.74) is 1.71. The smallest absolute Gasteiger partial charge is 0.303 e. The number of aliphatic carboxylic acids is 1. The molecule has 0 aromatic heterocycles. The molecule has 0 aliphatic carbocycles. The number of anilines is 2. The van der Waals surface area contributed by atoms with Crippen LogP contribution in [0.25, 0.3) is 0 Å². The number of nitrogens with one attached hydrogen (secondary N) is 3. The van der Waals surface area contributed by atoms with Crippen molar-refractivity contribution in [3.05, 3.63) is 16.3 Å². The van der Waals surface area contributed by atoms with Crippen LogP contribution < -0.4 is 16.0 Å². The van der Waals surface area contributed by atoms with Crippen molar-refractivity contribution in [1.29, 1.82) is 0 Å². The van der Waals surface area contributed by atoms with Crippen LogP contribution in [0.15, 0.2) is 0 Å². The van der Waals surface area contributed by atoms with Gasteiger partial charge in [-0.25, -0.2) is 0 Å². The first-order valence-electron chi connectivity index (χ1n) is 9.69. The van der Waals surface area contributed by atoms with Gasteiger partial charge in [-0.05, 0) is 94.5 Å². The van der Waals surface area contributed by atoms with Gasteiger partial charge >= 0.3 is 5.97 Å². The molecule has 4 N–H and O–H groups in total. The lowest BCUT2D eigenvalue weighted by atomic mass is 10.0. The van der Waals surface area contributed by atoms with Crippen LogP contribution in [0.2, 0.25) is 0 Å². The number of hydrogen-bond acceptors (Lipinski definition) is 6. The Labute approximate surface area is 222 Å². The van der Waals surface area contributed by atoms with Crippen LogP contribution in [-0.2, 0) is 14.4 Å². The summed E-state index contributed by atoms with van der Waals surface area (Å²) in [7, 11) is 0. The topological polar surface area (TPSA) is 125 Å². The quantitative estimate of drug-likeness (QED) is 0.221. The van der Waals surface area contributed by atoms with E-state index in [0.29, 0.717) is 36.9 Å². The summed E-state index contributed by atoms with van der Waals surface area (Å²) in [6.45, 7) is 5.14. The standard InChI is InChI=1S/C20H26I3N3O5/c1-4-5-12(6-7-13(29)30)26-20(31)14-15(21)18(24-8-10(2)27)17(23)19(16(14)22)25-9-11(3)28/h12,24-25H,4-9H2,1-3H3,(H,26,31)(H,29,30). The summed E-state index contributed by atoms with van der Waals surface area (Å²) in [4.78, 5) is 47.2. The maximum atomic E-state index is 13.2. The molecule has 0 saturated heterocycles. The van der Waals surface area contributed by atoms with Gasteiger partial charge in [0, 0.05) is 12.5 Å². The molecule has 0 fully saturated rings. The van der Waals surface area contributed by atoms with Crippen molar-refractivity contribution < 1.29 is 24.3 Å². The molecule has 0 heterocycles. The molecule has 1 aromatic rings. The summed E-state index contributed by atoms with van der Waals surface area (Å²) in [5.74, 6) is -1.32. The van der Waals surface area contributed by atoms with E-state index in [0.717, 1.165) is 9.99 Å². The second-order valence-electron chi connectivity index (χ2n) is 7.07. The van der Waals surface area contributed by atoms with E-state index >= 15 is 0 Å². The van der Waals surface area contributed by atoms with Gasteiger partial charge < -0.3 is 21.1 Å². The molecule has 1 unspecified atom stereocenters. The molecule has 31 heavy (non-hydrogen) atoms. The highest BCUT2D eigenvalue weighted by Gasteiger charge is 2.26. The van der Waals surface area contributed by atoms with E-state index in [1.54, 1.807) is 0 Å². The number of halogens is 3. The highest BCUT2D eigenvalue weighted by atomic mass is 127. The average molecular weight is 769 g/mol. The van der Waals surface area contributed by atoms with Gasteiger partial charge in [0.05, 0.1) is 40.7 Å². The average Bonchev–Trinajstić information content (AvgIpc) is 2.65. The number of hydrogen-bond donors (Lipinski definition) is 4. The number of carboxylic acids is 1. The molecule has 0 saturated carbocycles. The van der Waals surface area contributed by atoms with E-state index in [9.17, 15) is 19.2 Å². The highest BCUT2D eigenvalue weighted by Crippen LogP contribution is 2.39. The Kier molecular flexibility index (Phi) is 12.6. The summed E-state index contributed by atoms with van der Waals surface area (Å²) >= 11 is 6.29. The van der Waals surface area contributed by atoms with E-state index in [4.69, 9.17) is 5.11 Å². The van der Waals surface area contributed by atoms with E-state index in [2.05, 4.69) is 83.7 Å². The maximum Gasteiger partial charge on any atom is 0.303 e. The molecule has 1 rings (SSSR count). The molecular formula is C20H26I3N3O5. The molecule has 172 valence electrons. The van der Waals surface area contributed by atoms with Crippen molar-refractivity contribution in [3.63, 3.8) is 0 Å². The summed E-state index contributed by atoms with van der Waals surface area (Å²) in [6.07, 6.45) is 1.80. The lowest BCUT2D eigenvalue weighted by Gasteiger charge is -2.23. The number of rotatable bonds is 13. The van der Waals surface area contributed by atoms with Crippen LogP contribution in [0.1, 0.15) is 56.8 Å². The third-order valence-electron chi connectivity index (χ3n) is 4.25. The van der Waals surface area contributed by atoms with Crippen molar-refractivity contribution in [1.82, 2.24) is 5.32 Å². The normalized spacial score (nSPS) is 11.5. The Morgan fingerprint density at radius 1 is 0.871 bits per heavy atom. The molecule has 11 heteroatoms. The van der Waals surface area contributed by atoms with Gasteiger partial charge in [0.15, 0.2) is 0 Å². The molecular weight excluding hydrogens is 743 g/mol. The Bertz CT molecular complexity index is 816. The zero-order valence-electron chi connectivity index (χ0n) is 17.5. The molecule has 0 radical (unpaired) electrons. The van der Waals surface area contributed by atoms with Crippen LogP contribution >= 0.6 is 67.8 Å². The van der Waals surface area contributed by atoms with Gasteiger partial charge in [-0.3, -0.25) is 19.2 Å². The zero-order valence-corrected chi connectivity index (χ0v) is 24.0. The van der Waals surface area contributed by atoms with E-state index in [-0.39, 0.29) is 43.0 Å². The van der Waals surface area contributed by atoms with Gasteiger partial charge in [-0.2, -0.15) is 0 Å². The lowest BCUT2D eigenvalue weighted by Crippen LogP contribution is -2.36. The van der Waals surface area contributed by atoms with Crippen molar-refractivity contribution >= 4 is 103 Å². The third-order valence-corrected chi connectivity index (χ3v) is 7.49. The van der Waals surface area contributed by atoms with Crippen LogP contribution in [0, 0.1) is 10.7 Å². The van der Waals surface area contributed by atoms with Crippen molar-refractivity contribution in [2.45, 2.75) is 52.5 Å². The second kappa shape index (κ2) is 13.7. The Hall–Kier alpha value is -0.710. The van der Waals surface area contributed by atoms with Crippen LogP contribution in [-0.4, -0.2) is 47.7 Å². The van der Waals surface area contributed by atoms with E-state index in [1.165, 1.54) is 13.8 Å². The number of carbonyl (C=O) groups excluding carboxylic acids is 3. The fourth-order valence-corrected chi connectivity index (χ4v) is 7.21. The number of carbonyl (C=O) groups is 4. The van der Waals surface area contributed by atoms with Gasteiger partial charge in [-0.15, -0.1) is 0 Å². The van der Waals surface area contributed by atoms with E-state index < -0.39 is 5.97 Å². The summed E-state index contributed by atoms with van der Waals surface area (Å²) in [5, 5.41) is 18.2. The molecule has 0 bridgehead atoms. The molecule has 0 aliphatic heterocycles. The largest absolute Gasteiger partial charge is 0.481 e. The van der Waals surface area contributed by atoms with Crippen LogP contribution in [0.4, 0.5) is 11.4 Å². The Balaban J connectivity index is 3.40.